The zero-order chi connectivity index (χ0) is 30.2. The first kappa shape index (κ1) is 31.2. The standard InChI is InChI=1S/C32H44N4O6/c1-6-36-16-8-9-22(36)19-34-29(39)10-7-15-33-26-14-12-23-24(18-27(26)38)25(35-20(2)37)13-11-21-17-28(40-3)31(41-4)32(42-5)30(21)23/h12,14,17-18,22,25H,6-11,13,15-16,19H2,1-5H3,(H,33,38)(H,34,39)(H,35,37)/t22-,25-/m0/s1. The van der Waals surface area contributed by atoms with Crippen molar-refractivity contribution in [3.8, 4) is 28.4 Å². The molecule has 0 radical (unpaired) electrons. The predicted molar refractivity (Wildman–Crippen MR) is 164 cm³/mol. The largest absolute Gasteiger partial charge is 0.493 e. The van der Waals surface area contributed by atoms with E-state index in [1.165, 1.54) is 13.3 Å². The molecule has 0 unspecified atom stereocenters. The summed E-state index contributed by atoms with van der Waals surface area (Å²) in [7, 11) is 4.71. The van der Waals surface area contributed by atoms with E-state index in [-0.39, 0.29) is 23.3 Å². The molecule has 0 aromatic heterocycles. The van der Waals surface area contributed by atoms with Gasteiger partial charge in [-0.25, -0.2) is 0 Å². The Morgan fingerprint density at radius 2 is 1.83 bits per heavy atom. The number of ether oxygens (including phenoxy) is 3. The van der Waals surface area contributed by atoms with Crippen LogP contribution in [0.3, 0.4) is 0 Å². The van der Waals surface area contributed by atoms with Crippen LogP contribution in [0.15, 0.2) is 29.1 Å². The van der Waals surface area contributed by atoms with Gasteiger partial charge in [0.15, 0.2) is 11.5 Å². The van der Waals surface area contributed by atoms with Gasteiger partial charge in [0.1, 0.15) is 0 Å². The van der Waals surface area contributed by atoms with Crippen LogP contribution in [0.4, 0.5) is 5.69 Å². The minimum absolute atomic E-state index is 0.0265. The summed E-state index contributed by atoms with van der Waals surface area (Å²) in [6.07, 6.45) is 4.50. The molecule has 1 heterocycles. The fraction of sp³-hybridized carbons (Fsp3) is 0.531. The Balaban J connectivity index is 1.56. The summed E-state index contributed by atoms with van der Waals surface area (Å²) in [5.41, 5.74) is 3.49. The predicted octanol–water partition coefficient (Wildman–Crippen LogP) is 3.66. The Hall–Kier alpha value is -3.79. The normalized spacial score (nSPS) is 17.8. The number of aryl methyl sites for hydroxylation is 1. The number of methoxy groups -OCH3 is 3. The first-order chi connectivity index (χ1) is 20.3. The van der Waals surface area contributed by atoms with E-state index in [9.17, 15) is 14.4 Å². The summed E-state index contributed by atoms with van der Waals surface area (Å²) in [4.78, 5) is 40.4. The average molecular weight is 581 g/mol. The fourth-order valence-electron chi connectivity index (χ4n) is 6.19. The van der Waals surface area contributed by atoms with Crippen molar-refractivity contribution in [2.45, 2.75) is 64.5 Å². The molecule has 1 fully saturated rings. The van der Waals surface area contributed by atoms with Crippen LogP contribution < -0.4 is 35.6 Å². The molecule has 3 N–H and O–H groups in total. The van der Waals surface area contributed by atoms with E-state index in [0.717, 1.165) is 36.2 Å². The molecule has 228 valence electrons. The maximum Gasteiger partial charge on any atom is 0.220 e. The van der Waals surface area contributed by atoms with E-state index in [2.05, 4.69) is 27.8 Å². The summed E-state index contributed by atoms with van der Waals surface area (Å²) >= 11 is 0. The zero-order valence-corrected chi connectivity index (χ0v) is 25.4. The second-order valence-electron chi connectivity index (χ2n) is 10.9. The lowest BCUT2D eigenvalue weighted by molar-refractivity contribution is -0.121. The maximum atomic E-state index is 13.4. The number of likely N-dealkylation sites (tertiary alicyclic amines) is 1. The van der Waals surface area contributed by atoms with E-state index in [0.29, 0.717) is 73.3 Å². The summed E-state index contributed by atoms with van der Waals surface area (Å²) in [6.45, 7) is 6.89. The number of hydrogen-bond donors (Lipinski definition) is 3. The molecule has 2 atom stereocenters. The van der Waals surface area contributed by atoms with Crippen molar-refractivity contribution >= 4 is 17.5 Å². The molecule has 0 spiro atoms. The third-order valence-electron chi connectivity index (χ3n) is 8.25. The minimum Gasteiger partial charge on any atom is -0.493 e. The number of rotatable bonds is 12. The van der Waals surface area contributed by atoms with Gasteiger partial charge in [0.25, 0.3) is 0 Å². The highest BCUT2D eigenvalue weighted by Crippen LogP contribution is 2.50. The molecule has 0 saturated carbocycles. The van der Waals surface area contributed by atoms with E-state index < -0.39 is 0 Å². The Labute approximate surface area is 248 Å². The first-order valence-corrected chi connectivity index (χ1v) is 14.8. The molecule has 1 aliphatic carbocycles. The highest BCUT2D eigenvalue weighted by atomic mass is 16.5. The molecule has 1 saturated heterocycles. The number of nitrogens with zero attached hydrogens (tertiary/aromatic N) is 1. The number of anilines is 1. The summed E-state index contributed by atoms with van der Waals surface area (Å²) in [5.74, 6) is 1.37. The van der Waals surface area contributed by atoms with Crippen LogP contribution in [0.2, 0.25) is 0 Å². The van der Waals surface area contributed by atoms with Crippen molar-refractivity contribution in [2.24, 2.45) is 0 Å². The average Bonchev–Trinajstić information content (AvgIpc) is 3.32. The Morgan fingerprint density at radius 3 is 2.52 bits per heavy atom. The molecule has 2 aromatic carbocycles. The lowest BCUT2D eigenvalue weighted by atomic mass is 9.95. The number of amides is 2. The molecular formula is C32H44N4O6. The summed E-state index contributed by atoms with van der Waals surface area (Å²) < 4.78 is 17.1. The van der Waals surface area contributed by atoms with Gasteiger partial charge in [0.2, 0.25) is 23.0 Å². The van der Waals surface area contributed by atoms with Crippen molar-refractivity contribution in [1.82, 2.24) is 15.5 Å². The quantitative estimate of drug-likeness (QED) is 0.326. The van der Waals surface area contributed by atoms with Gasteiger partial charge in [-0.15, -0.1) is 0 Å². The molecule has 2 aliphatic rings. The first-order valence-electron chi connectivity index (χ1n) is 14.8. The lowest BCUT2D eigenvalue weighted by Crippen LogP contribution is -2.40. The highest BCUT2D eigenvalue weighted by Gasteiger charge is 2.29. The highest BCUT2D eigenvalue weighted by molar-refractivity contribution is 5.83. The second-order valence-corrected chi connectivity index (χ2v) is 10.9. The van der Waals surface area contributed by atoms with E-state index >= 15 is 0 Å². The van der Waals surface area contributed by atoms with Crippen molar-refractivity contribution in [3.63, 3.8) is 0 Å². The SMILES string of the molecule is CCN1CCC[C@H]1CNC(=O)CCCNc1ccc2c(cc1=O)[C@@H](NC(C)=O)CCc1cc(OC)c(OC)c(OC)c1-2. The van der Waals surface area contributed by atoms with Gasteiger partial charge in [-0.3, -0.25) is 19.3 Å². The number of likely N-dealkylation sites (N-methyl/N-ethyl adjacent to an activating group) is 1. The molecule has 42 heavy (non-hydrogen) atoms. The van der Waals surface area contributed by atoms with Crippen LogP contribution in [0.1, 0.15) is 63.1 Å². The lowest BCUT2D eigenvalue weighted by Gasteiger charge is -2.22. The molecule has 2 aromatic rings. The second kappa shape index (κ2) is 14.4. The Morgan fingerprint density at radius 1 is 1.05 bits per heavy atom. The molecule has 10 heteroatoms. The topological polar surface area (TPSA) is 118 Å². The monoisotopic (exact) mass is 580 g/mol. The molecule has 1 aliphatic heterocycles. The Kier molecular flexibility index (Phi) is 10.7. The van der Waals surface area contributed by atoms with Crippen LogP contribution in [0.5, 0.6) is 17.2 Å². The van der Waals surface area contributed by atoms with Crippen molar-refractivity contribution in [1.29, 1.82) is 0 Å². The van der Waals surface area contributed by atoms with E-state index in [1.807, 2.05) is 12.1 Å². The number of carbonyl (C=O) groups excluding carboxylic acids is 2. The van der Waals surface area contributed by atoms with Gasteiger partial charge in [-0.2, -0.15) is 0 Å². The minimum atomic E-state index is -0.369. The number of nitrogens with one attached hydrogen (secondary N) is 3. The molecule has 0 bridgehead atoms. The zero-order valence-electron chi connectivity index (χ0n) is 25.4. The fourth-order valence-corrected chi connectivity index (χ4v) is 6.19. The van der Waals surface area contributed by atoms with E-state index in [1.54, 1.807) is 33.5 Å². The summed E-state index contributed by atoms with van der Waals surface area (Å²) in [5, 5.41) is 9.32. The third-order valence-corrected chi connectivity index (χ3v) is 8.25. The maximum absolute atomic E-state index is 13.4. The van der Waals surface area contributed by atoms with Crippen LogP contribution in [-0.4, -0.2) is 70.3 Å². The molecule has 4 rings (SSSR count). The third kappa shape index (κ3) is 6.98. The number of benzene rings is 1. The van der Waals surface area contributed by atoms with Gasteiger partial charge in [0, 0.05) is 38.0 Å². The van der Waals surface area contributed by atoms with Gasteiger partial charge >= 0.3 is 0 Å². The summed E-state index contributed by atoms with van der Waals surface area (Å²) in [6, 6.07) is 7.23. The van der Waals surface area contributed by atoms with Crippen LogP contribution in [0.25, 0.3) is 11.1 Å². The van der Waals surface area contributed by atoms with Crippen molar-refractivity contribution < 1.29 is 23.8 Å². The van der Waals surface area contributed by atoms with Gasteiger partial charge in [-0.1, -0.05) is 13.0 Å². The Bertz CT molecular complexity index is 1350. The smallest absolute Gasteiger partial charge is 0.220 e. The molecule has 2 amide bonds. The molecule has 10 nitrogen and oxygen atoms in total. The van der Waals surface area contributed by atoms with Crippen LogP contribution in [-0.2, 0) is 16.0 Å². The number of hydrogen-bond acceptors (Lipinski definition) is 8. The van der Waals surface area contributed by atoms with Crippen LogP contribution >= 0.6 is 0 Å². The van der Waals surface area contributed by atoms with E-state index in [4.69, 9.17) is 14.2 Å². The number of carbonyl (C=O) groups is 2. The molecular weight excluding hydrogens is 536 g/mol. The van der Waals surface area contributed by atoms with Gasteiger partial charge < -0.3 is 30.2 Å². The van der Waals surface area contributed by atoms with Gasteiger partial charge in [0.05, 0.1) is 33.1 Å². The van der Waals surface area contributed by atoms with Crippen LogP contribution in [0, 0.1) is 0 Å². The van der Waals surface area contributed by atoms with Crippen molar-refractivity contribution in [2.75, 3.05) is 52.8 Å². The number of fused-ring (bicyclic) bond motifs is 3. The van der Waals surface area contributed by atoms with Crippen molar-refractivity contribution in [3.05, 3.63) is 45.6 Å². The van der Waals surface area contributed by atoms with Gasteiger partial charge in [-0.05, 0) is 80.1 Å².